The number of carbonyl (C=O) groups is 1. The molecule has 0 aliphatic carbocycles. The lowest BCUT2D eigenvalue weighted by Crippen LogP contribution is -2.22. The fourth-order valence-electron chi connectivity index (χ4n) is 2.32. The summed E-state index contributed by atoms with van der Waals surface area (Å²) in [7, 11) is 0. The minimum atomic E-state index is -0.468. The summed E-state index contributed by atoms with van der Waals surface area (Å²) in [5, 5.41) is 14.5. The van der Waals surface area contributed by atoms with Crippen LogP contribution in [0.4, 0.5) is 11.4 Å². The van der Waals surface area contributed by atoms with Crippen LogP contribution in [0.2, 0.25) is 0 Å². The Bertz CT molecular complexity index is 751. The van der Waals surface area contributed by atoms with E-state index in [0.717, 1.165) is 18.8 Å². The van der Waals surface area contributed by atoms with Crippen LogP contribution in [0.5, 0.6) is 0 Å². The Hall–Kier alpha value is -3.22. The van der Waals surface area contributed by atoms with E-state index in [0.29, 0.717) is 11.1 Å². The minimum absolute atomic E-state index is 0.00878. The highest BCUT2D eigenvalue weighted by molar-refractivity contribution is 5.95. The molecule has 0 unspecified atom stereocenters. The Balaban J connectivity index is 1.96. The number of amides is 1. The number of hydrazone groups is 1. The molecule has 1 N–H and O–H groups in total. The SMILES string of the molecule is CCN(CC)c1ccc(C(=O)N/N=C\c2ccc([N+](=O)[O-])cc2)cc1. The summed E-state index contributed by atoms with van der Waals surface area (Å²) >= 11 is 0. The number of rotatable bonds is 7. The van der Waals surface area contributed by atoms with Gasteiger partial charge in [-0.3, -0.25) is 14.9 Å². The molecule has 0 saturated heterocycles. The molecular weight excluding hydrogens is 320 g/mol. The Labute approximate surface area is 146 Å². The lowest BCUT2D eigenvalue weighted by Gasteiger charge is -2.20. The first kappa shape index (κ1) is 18.1. The number of benzene rings is 2. The number of anilines is 1. The van der Waals surface area contributed by atoms with Crippen LogP contribution in [0.15, 0.2) is 53.6 Å². The number of nitrogens with zero attached hydrogens (tertiary/aromatic N) is 3. The van der Waals surface area contributed by atoms with E-state index < -0.39 is 4.92 Å². The topological polar surface area (TPSA) is 87.8 Å². The molecule has 0 bridgehead atoms. The van der Waals surface area contributed by atoms with E-state index in [1.807, 2.05) is 12.1 Å². The molecule has 0 heterocycles. The van der Waals surface area contributed by atoms with Gasteiger partial charge in [-0.15, -0.1) is 0 Å². The number of hydrogen-bond donors (Lipinski definition) is 1. The van der Waals surface area contributed by atoms with Gasteiger partial charge in [-0.2, -0.15) is 5.10 Å². The third-order valence-corrected chi connectivity index (χ3v) is 3.74. The smallest absolute Gasteiger partial charge is 0.271 e. The molecule has 130 valence electrons. The van der Waals surface area contributed by atoms with Gasteiger partial charge in [-0.1, -0.05) is 0 Å². The summed E-state index contributed by atoms with van der Waals surface area (Å²) < 4.78 is 0. The van der Waals surface area contributed by atoms with Gasteiger partial charge in [-0.25, -0.2) is 5.43 Å². The molecule has 7 nitrogen and oxygen atoms in total. The Morgan fingerprint density at radius 1 is 1.12 bits per heavy atom. The monoisotopic (exact) mass is 340 g/mol. The number of nitro groups is 1. The molecule has 25 heavy (non-hydrogen) atoms. The van der Waals surface area contributed by atoms with Gasteiger partial charge in [-0.05, 0) is 55.8 Å². The summed E-state index contributed by atoms with van der Waals surface area (Å²) in [5.74, 6) is -0.316. The van der Waals surface area contributed by atoms with Gasteiger partial charge < -0.3 is 4.90 Å². The minimum Gasteiger partial charge on any atom is -0.372 e. The normalized spacial score (nSPS) is 10.6. The number of hydrogen-bond acceptors (Lipinski definition) is 5. The third kappa shape index (κ3) is 4.87. The van der Waals surface area contributed by atoms with Crippen molar-refractivity contribution in [3.8, 4) is 0 Å². The van der Waals surface area contributed by atoms with Gasteiger partial charge in [0.15, 0.2) is 0 Å². The second-order valence-corrected chi connectivity index (χ2v) is 5.27. The molecule has 0 fully saturated rings. The van der Waals surface area contributed by atoms with Crippen molar-refractivity contribution >= 4 is 23.5 Å². The van der Waals surface area contributed by atoms with Crippen LogP contribution in [0.1, 0.15) is 29.8 Å². The van der Waals surface area contributed by atoms with Crippen LogP contribution < -0.4 is 10.3 Å². The second kappa shape index (κ2) is 8.58. The van der Waals surface area contributed by atoms with E-state index in [4.69, 9.17) is 0 Å². The molecule has 1 amide bonds. The lowest BCUT2D eigenvalue weighted by atomic mass is 10.2. The molecule has 7 heteroatoms. The molecule has 2 aromatic carbocycles. The molecule has 0 radical (unpaired) electrons. The van der Waals surface area contributed by atoms with Crippen LogP contribution >= 0.6 is 0 Å². The van der Waals surface area contributed by atoms with Crippen molar-refractivity contribution in [2.24, 2.45) is 5.10 Å². The highest BCUT2D eigenvalue weighted by Gasteiger charge is 2.06. The summed E-state index contributed by atoms with van der Waals surface area (Å²) in [6.45, 7) is 5.97. The zero-order valence-electron chi connectivity index (χ0n) is 14.2. The lowest BCUT2D eigenvalue weighted by molar-refractivity contribution is -0.384. The van der Waals surface area contributed by atoms with Crippen molar-refractivity contribution in [2.45, 2.75) is 13.8 Å². The zero-order chi connectivity index (χ0) is 18.2. The van der Waals surface area contributed by atoms with E-state index in [9.17, 15) is 14.9 Å². The maximum atomic E-state index is 12.1. The third-order valence-electron chi connectivity index (χ3n) is 3.74. The fraction of sp³-hybridized carbons (Fsp3) is 0.222. The van der Waals surface area contributed by atoms with Gasteiger partial charge in [0.2, 0.25) is 0 Å². The van der Waals surface area contributed by atoms with Crippen molar-refractivity contribution in [1.82, 2.24) is 5.43 Å². The first-order chi connectivity index (χ1) is 12.0. The van der Waals surface area contributed by atoms with Crippen molar-refractivity contribution in [3.05, 3.63) is 69.8 Å². The van der Waals surface area contributed by atoms with Crippen LogP contribution in [0.3, 0.4) is 0 Å². The average molecular weight is 340 g/mol. The van der Waals surface area contributed by atoms with Crippen molar-refractivity contribution in [3.63, 3.8) is 0 Å². The van der Waals surface area contributed by atoms with Crippen molar-refractivity contribution in [1.29, 1.82) is 0 Å². The Morgan fingerprint density at radius 2 is 1.72 bits per heavy atom. The first-order valence-electron chi connectivity index (χ1n) is 7.98. The summed E-state index contributed by atoms with van der Waals surface area (Å²) in [5.41, 5.74) is 4.69. The van der Waals surface area contributed by atoms with Gasteiger partial charge in [0.25, 0.3) is 11.6 Å². The number of carbonyl (C=O) groups excluding carboxylic acids is 1. The van der Waals surface area contributed by atoms with Crippen molar-refractivity contribution in [2.75, 3.05) is 18.0 Å². The quantitative estimate of drug-likeness (QED) is 0.476. The zero-order valence-corrected chi connectivity index (χ0v) is 14.2. The largest absolute Gasteiger partial charge is 0.372 e. The average Bonchev–Trinajstić information content (AvgIpc) is 2.63. The fourth-order valence-corrected chi connectivity index (χ4v) is 2.32. The first-order valence-corrected chi connectivity index (χ1v) is 7.98. The summed E-state index contributed by atoms with van der Waals surface area (Å²) in [6, 6.07) is 13.2. The highest BCUT2D eigenvalue weighted by Crippen LogP contribution is 2.15. The van der Waals surface area contributed by atoms with Gasteiger partial charge in [0.05, 0.1) is 11.1 Å². The van der Waals surface area contributed by atoms with E-state index in [2.05, 4.69) is 29.3 Å². The summed E-state index contributed by atoms with van der Waals surface area (Å²) in [6.07, 6.45) is 1.44. The molecule has 0 aromatic heterocycles. The Morgan fingerprint density at radius 3 is 2.24 bits per heavy atom. The number of non-ortho nitro benzene ring substituents is 1. The predicted molar refractivity (Wildman–Crippen MR) is 98.2 cm³/mol. The van der Waals surface area contributed by atoms with Gasteiger partial charge >= 0.3 is 0 Å². The van der Waals surface area contributed by atoms with E-state index in [1.54, 1.807) is 24.3 Å². The van der Waals surface area contributed by atoms with Crippen molar-refractivity contribution < 1.29 is 9.72 Å². The molecule has 0 aliphatic rings. The second-order valence-electron chi connectivity index (χ2n) is 5.27. The van der Waals surface area contributed by atoms with Crippen LogP contribution in [-0.4, -0.2) is 30.1 Å². The highest BCUT2D eigenvalue weighted by atomic mass is 16.6. The summed E-state index contributed by atoms with van der Waals surface area (Å²) in [4.78, 5) is 24.4. The van der Waals surface area contributed by atoms with Crippen LogP contribution in [-0.2, 0) is 0 Å². The van der Waals surface area contributed by atoms with Crippen LogP contribution in [0, 0.1) is 10.1 Å². The van der Waals surface area contributed by atoms with E-state index in [-0.39, 0.29) is 11.6 Å². The molecule has 0 saturated carbocycles. The molecule has 0 spiro atoms. The molecule has 2 rings (SSSR count). The number of nitrogens with one attached hydrogen (secondary N) is 1. The van der Waals surface area contributed by atoms with E-state index >= 15 is 0 Å². The maximum Gasteiger partial charge on any atom is 0.271 e. The molecule has 0 aliphatic heterocycles. The van der Waals surface area contributed by atoms with Gasteiger partial charge in [0.1, 0.15) is 0 Å². The molecule has 0 atom stereocenters. The Kier molecular flexibility index (Phi) is 6.22. The standard InChI is InChI=1S/C18H20N4O3/c1-3-21(4-2)16-11-7-15(8-12-16)18(23)20-19-13-14-5-9-17(10-6-14)22(24)25/h5-13H,3-4H2,1-2H3,(H,20,23)/b19-13-. The number of nitro benzene ring substituents is 1. The predicted octanol–water partition coefficient (Wildman–Crippen LogP) is 3.20. The maximum absolute atomic E-state index is 12.1. The van der Waals surface area contributed by atoms with Crippen LogP contribution in [0.25, 0.3) is 0 Å². The van der Waals surface area contributed by atoms with Gasteiger partial charge in [0, 0.05) is 36.5 Å². The van der Waals surface area contributed by atoms with E-state index in [1.165, 1.54) is 18.3 Å². The molecule has 2 aromatic rings. The molecular formula is C18H20N4O3.